The molecule has 3 N–H and O–H groups in total. The maximum atomic E-state index is 13.1. The van der Waals surface area contributed by atoms with Crippen molar-refractivity contribution in [1.82, 2.24) is 4.90 Å². The largest absolute Gasteiger partial charge is 0.340 e. The number of likely N-dealkylation sites (tertiary alicyclic amines) is 1. The van der Waals surface area contributed by atoms with E-state index in [1.807, 2.05) is 47.4 Å². The molecule has 1 fully saturated rings. The summed E-state index contributed by atoms with van der Waals surface area (Å²) >= 11 is 0. The lowest BCUT2D eigenvalue weighted by Gasteiger charge is -2.28. The Kier molecular flexibility index (Phi) is 4.01. The zero-order valence-electron chi connectivity index (χ0n) is 13.9. The topological polar surface area (TPSA) is 75.4 Å². The van der Waals surface area contributed by atoms with Gasteiger partial charge in [0, 0.05) is 37.2 Å². The Balaban J connectivity index is 1.57. The van der Waals surface area contributed by atoms with Gasteiger partial charge in [0.15, 0.2) is 0 Å². The van der Waals surface area contributed by atoms with Gasteiger partial charge >= 0.3 is 0 Å². The Labute approximate surface area is 146 Å². The molecule has 25 heavy (non-hydrogen) atoms. The van der Waals surface area contributed by atoms with Crippen molar-refractivity contribution in [3.8, 4) is 0 Å². The van der Waals surface area contributed by atoms with Crippen LogP contribution in [0.3, 0.4) is 0 Å². The summed E-state index contributed by atoms with van der Waals surface area (Å²) in [4.78, 5) is 26.9. The summed E-state index contributed by atoms with van der Waals surface area (Å²) in [5, 5.41) is 2.84. The van der Waals surface area contributed by atoms with Gasteiger partial charge in [0.05, 0.1) is 5.92 Å². The predicted molar refractivity (Wildman–Crippen MR) is 96.2 cm³/mol. The minimum absolute atomic E-state index is 0.00354. The van der Waals surface area contributed by atoms with Crippen LogP contribution < -0.4 is 11.1 Å². The monoisotopic (exact) mass is 335 g/mol. The summed E-state index contributed by atoms with van der Waals surface area (Å²) in [5.41, 5.74) is 9.11. The number of anilines is 1. The molecule has 2 aliphatic rings. The number of hydrogen-bond donors (Lipinski definition) is 2. The van der Waals surface area contributed by atoms with E-state index in [0.717, 1.165) is 16.8 Å². The Morgan fingerprint density at radius 1 is 1.04 bits per heavy atom. The van der Waals surface area contributed by atoms with Gasteiger partial charge in [-0.2, -0.15) is 0 Å². The van der Waals surface area contributed by atoms with E-state index in [9.17, 15) is 9.59 Å². The van der Waals surface area contributed by atoms with Crippen LogP contribution in [-0.4, -0.2) is 35.8 Å². The summed E-state index contributed by atoms with van der Waals surface area (Å²) in [7, 11) is 0. The second-order valence-corrected chi connectivity index (χ2v) is 6.82. The van der Waals surface area contributed by atoms with Crippen molar-refractivity contribution in [3.63, 3.8) is 0 Å². The number of rotatable bonds is 2. The van der Waals surface area contributed by atoms with Gasteiger partial charge in [-0.05, 0) is 17.2 Å². The van der Waals surface area contributed by atoms with E-state index in [-0.39, 0.29) is 30.2 Å². The smallest absolute Gasteiger partial charge is 0.230 e. The molecule has 0 aromatic heterocycles. The quantitative estimate of drug-likeness (QED) is 0.882. The van der Waals surface area contributed by atoms with Crippen molar-refractivity contribution >= 4 is 17.5 Å². The van der Waals surface area contributed by atoms with Gasteiger partial charge in [-0.1, -0.05) is 48.5 Å². The van der Waals surface area contributed by atoms with Crippen molar-refractivity contribution < 1.29 is 9.59 Å². The highest BCUT2D eigenvalue weighted by molar-refractivity contribution is 6.01. The molecule has 3 atom stereocenters. The highest BCUT2D eigenvalue weighted by atomic mass is 16.2. The molecule has 0 bridgehead atoms. The first-order valence-corrected chi connectivity index (χ1v) is 8.61. The zero-order valence-corrected chi connectivity index (χ0v) is 13.9. The number of fused-ring (bicyclic) bond motifs is 1. The fraction of sp³-hybridized carbons (Fsp3) is 0.300. The van der Waals surface area contributed by atoms with Crippen LogP contribution in [0, 0.1) is 0 Å². The number of para-hydroxylation sites is 1. The van der Waals surface area contributed by atoms with Gasteiger partial charge in [-0.15, -0.1) is 0 Å². The summed E-state index contributed by atoms with van der Waals surface area (Å²) in [5.74, 6) is -0.402. The average Bonchev–Trinajstić information content (AvgIpc) is 3.03. The predicted octanol–water partition coefficient (Wildman–Crippen LogP) is 2.07. The Morgan fingerprint density at radius 2 is 1.76 bits per heavy atom. The molecule has 0 radical (unpaired) electrons. The molecular formula is C20H21N3O2. The van der Waals surface area contributed by atoms with Gasteiger partial charge in [-0.3, -0.25) is 9.59 Å². The minimum Gasteiger partial charge on any atom is -0.340 e. The molecule has 2 aliphatic heterocycles. The molecule has 0 saturated carbocycles. The maximum Gasteiger partial charge on any atom is 0.230 e. The van der Waals surface area contributed by atoms with Crippen molar-refractivity contribution in [3.05, 3.63) is 65.7 Å². The van der Waals surface area contributed by atoms with Gasteiger partial charge in [0.2, 0.25) is 11.8 Å². The Bertz CT molecular complexity index is 806. The van der Waals surface area contributed by atoms with E-state index < -0.39 is 5.92 Å². The molecule has 5 heteroatoms. The SMILES string of the molecule is N[C@@H]1CN(C(=O)C2CC(=O)Nc3ccccc32)C[C@H]1c1ccccc1. The minimum atomic E-state index is -0.424. The summed E-state index contributed by atoms with van der Waals surface area (Å²) < 4.78 is 0. The Morgan fingerprint density at radius 3 is 2.56 bits per heavy atom. The van der Waals surface area contributed by atoms with Gasteiger partial charge < -0.3 is 16.0 Å². The highest BCUT2D eigenvalue weighted by Crippen LogP contribution is 2.35. The molecule has 0 spiro atoms. The number of nitrogens with one attached hydrogen (secondary N) is 1. The van der Waals surface area contributed by atoms with Gasteiger partial charge in [0.1, 0.15) is 0 Å². The number of carbonyl (C=O) groups is 2. The highest BCUT2D eigenvalue weighted by Gasteiger charge is 2.39. The van der Waals surface area contributed by atoms with Crippen LogP contribution in [0.25, 0.3) is 0 Å². The second kappa shape index (κ2) is 6.33. The lowest BCUT2D eigenvalue weighted by atomic mass is 9.89. The molecule has 1 saturated heterocycles. The van der Waals surface area contributed by atoms with E-state index in [4.69, 9.17) is 5.73 Å². The molecule has 2 heterocycles. The molecule has 1 unspecified atom stereocenters. The molecule has 2 aromatic carbocycles. The maximum absolute atomic E-state index is 13.1. The number of carbonyl (C=O) groups excluding carboxylic acids is 2. The summed E-state index contributed by atoms with van der Waals surface area (Å²) in [6.45, 7) is 1.13. The number of amides is 2. The summed E-state index contributed by atoms with van der Waals surface area (Å²) in [6, 6.07) is 17.5. The van der Waals surface area contributed by atoms with Crippen LogP contribution in [0.4, 0.5) is 5.69 Å². The molecule has 2 amide bonds. The molecule has 128 valence electrons. The first kappa shape index (κ1) is 15.8. The molecule has 4 rings (SSSR count). The number of hydrogen-bond acceptors (Lipinski definition) is 3. The number of nitrogens with zero attached hydrogens (tertiary/aromatic N) is 1. The first-order valence-electron chi connectivity index (χ1n) is 8.61. The number of benzene rings is 2. The van der Waals surface area contributed by atoms with Crippen molar-refractivity contribution in [2.75, 3.05) is 18.4 Å². The van der Waals surface area contributed by atoms with Crippen LogP contribution in [-0.2, 0) is 9.59 Å². The van der Waals surface area contributed by atoms with E-state index in [0.29, 0.717) is 13.1 Å². The van der Waals surface area contributed by atoms with Crippen LogP contribution in [0.15, 0.2) is 54.6 Å². The van der Waals surface area contributed by atoms with Crippen molar-refractivity contribution in [2.24, 2.45) is 5.73 Å². The van der Waals surface area contributed by atoms with Gasteiger partial charge in [-0.25, -0.2) is 0 Å². The zero-order chi connectivity index (χ0) is 17.4. The normalized spacial score (nSPS) is 25.4. The van der Waals surface area contributed by atoms with E-state index in [1.165, 1.54) is 0 Å². The Hall–Kier alpha value is -2.66. The van der Waals surface area contributed by atoms with Crippen LogP contribution in [0.2, 0.25) is 0 Å². The van der Waals surface area contributed by atoms with Crippen molar-refractivity contribution in [1.29, 1.82) is 0 Å². The molecule has 2 aromatic rings. The van der Waals surface area contributed by atoms with Crippen LogP contribution >= 0.6 is 0 Å². The fourth-order valence-electron chi connectivity index (χ4n) is 3.91. The standard InChI is InChI=1S/C20H21N3O2/c21-17-12-23(11-16(17)13-6-2-1-3-7-13)20(25)15-10-19(24)22-18-9-5-4-8-14(15)18/h1-9,15-17H,10-12,21H2,(H,22,24)/t15?,16-,17+/m0/s1. The third-order valence-corrected chi connectivity index (χ3v) is 5.20. The molecule has 5 nitrogen and oxygen atoms in total. The first-order chi connectivity index (χ1) is 12.1. The van der Waals surface area contributed by atoms with Crippen molar-refractivity contribution in [2.45, 2.75) is 24.3 Å². The second-order valence-electron chi connectivity index (χ2n) is 6.82. The lowest BCUT2D eigenvalue weighted by Crippen LogP contribution is -2.38. The third-order valence-electron chi connectivity index (χ3n) is 5.20. The van der Waals surface area contributed by atoms with E-state index >= 15 is 0 Å². The lowest BCUT2D eigenvalue weighted by molar-refractivity contribution is -0.134. The molecular weight excluding hydrogens is 314 g/mol. The third kappa shape index (κ3) is 2.91. The summed E-state index contributed by atoms with van der Waals surface area (Å²) in [6.07, 6.45) is 0.192. The molecule has 0 aliphatic carbocycles. The number of nitrogens with two attached hydrogens (primary N) is 1. The van der Waals surface area contributed by atoms with Crippen LogP contribution in [0.1, 0.15) is 29.4 Å². The van der Waals surface area contributed by atoms with E-state index in [2.05, 4.69) is 17.4 Å². The van der Waals surface area contributed by atoms with Gasteiger partial charge in [0.25, 0.3) is 0 Å². The average molecular weight is 335 g/mol. The van der Waals surface area contributed by atoms with E-state index in [1.54, 1.807) is 0 Å². The fourth-order valence-corrected chi connectivity index (χ4v) is 3.91. The van der Waals surface area contributed by atoms with Crippen LogP contribution in [0.5, 0.6) is 0 Å².